The Hall–Kier alpha value is -3.32. The quantitative estimate of drug-likeness (QED) is 0.646. The second-order valence-electron chi connectivity index (χ2n) is 7.26. The number of fused-ring (bicyclic) bond motifs is 2. The fourth-order valence-electron chi connectivity index (χ4n) is 3.94. The minimum Gasteiger partial charge on any atom is -0.486 e. The highest BCUT2D eigenvalue weighted by molar-refractivity contribution is 6.30. The van der Waals surface area contributed by atoms with Crippen LogP contribution in [0.5, 0.6) is 11.5 Å². The van der Waals surface area contributed by atoms with Crippen molar-refractivity contribution in [2.45, 2.75) is 19.3 Å². The molecule has 2 aliphatic rings. The van der Waals surface area contributed by atoms with Gasteiger partial charge in [0.1, 0.15) is 19.0 Å². The third-order valence-electron chi connectivity index (χ3n) is 5.32. The summed E-state index contributed by atoms with van der Waals surface area (Å²) in [4.78, 5) is 25.9. The summed E-state index contributed by atoms with van der Waals surface area (Å²) >= 11 is 5.99. The number of nitrogens with one attached hydrogen (secondary N) is 1. The topological polar surface area (TPSA) is 82.5 Å². The monoisotopic (exact) mass is 423 g/mol. The summed E-state index contributed by atoms with van der Waals surface area (Å²) in [7, 11) is 0. The number of carbonyl (C=O) groups excluding carboxylic acids is 2. The average Bonchev–Trinajstić information content (AvgIpc) is 3.09. The van der Waals surface area contributed by atoms with E-state index in [0.717, 1.165) is 11.3 Å². The fourth-order valence-corrected chi connectivity index (χ4v) is 4.06. The van der Waals surface area contributed by atoms with E-state index in [4.69, 9.17) is 21.1 Å². The molecule has 30 heavy (non-hydrogen) atoms. The number of carbonyl (C=O) groups is 2. The zero-order chi connectivity index (χ0) is 20.8. The van der Waals surface area contributed by atoms with Gasteiger partial charge < -0.3 is 14.8 Å². The predicted molar refractivity (Wildman–Crippen MR) is 111 cm³/mol. The number of anilines is 1. The van der Waals surface area contributed by atoms with E-state index in [1.165, 1.54) is 0 Å². The van der Waals surface area contributed by atoms with Gasteiger partial charge in [0.2, 0.25) is 5.91 Å². The number of ether oxygens (including phenoxy) is 2. The van der Waals surface area contributed by atoms with Gasteiger partial charge in [-0.05, 0) is 49.4 Å². The zero-order valence-corrected chi connectivity index (χ0v) is 16.9. The highest BCUT2D eigenvalue weighted by Crippen LogP contribution is 2.39. The Balaban J connectivity index is 1.56. The van der Waals surface area contributed by atoms with Crippen molar-refractivity contribution >= 4 is 29.1 Å². The van der Waals surface area contributed by atoms with E-state index in [1.54, 1.807) is 35.0 Å². The summed E-state index contributed by atoms with van der Waals surface area (Å²) in [6.45, 7) is 2.76. The summed E-state index contributed by atoms with van der Waals surface area (Å²) in [6, 6.07) is 12.3. The van der Waals surface area contributed by atoms with Crippen LogP contribution in [-0.4, -0.2) is 34.7 Å². The molecule has 5 rings (SSSR count). The third-order valence-corrected chi connectivity index (χ3v) is 5.57. The highest BCUT2D eigenvalue weighted by atomic mass is 35.5. The molecule has 8 heteroatoms. The molecule has 1 unspecified atom stereocenters. The number of halogens is 1. The van der Waals surface area contributed by atoms with Crippen molar-refractivity contribution in [1.82, 2.24) is 9.78 Å². The van der Waals surface area contributed by atoms with E-state index in [0.29, 0.717) is 46.8 Å². The molecule has 1 amide bonds. The van der Waals surface area contributed by atoms with Crippen LogP contribution < -0.4 is 14.8 Å². The molecule has 0 radical (unpaired) electrons. The Morgan fingerprint density at radius 3 is 2.63 bits per heavy atom. The number of benzene rings is 2. The van der Waals surface area contributed by atoms with Crippen LogP contribution in [0.15, 0.2) is 42.5 Å². The molecule has 1 N–H and O–H groups in total. The van der Waals surface area contributed by atoms with Crippen LogP contribution in [-0.2, 0) is 4.79 Å². The number of aryl methyl sites for hydroxylation is 1. The van der Waals surface area contributed by atoms with Gasteiger partial charge in [-0.3, -0.25) is 9.59 Å². The van der Waals surface area contributed by atoms with Crippen molar-refractivity contribution in [1.29, 1.82) is 0 Å². The zero-order valence-electron chi connectivity index (χ0n) is 16.1. The van der Waals surface area contributed by atoms with Crippen molar-refractivity contribution in [3.63, 3.8) is 0 Å². The van der Waals surface area contributed by atoms with E-state index >= 15 is 0 Å². The number of hydrogen-bond donors (Lipinski definition) is 1. The summed E-state index contributed by atoms with van der Waals surface area (Å²) < 4.78 is 12.8. The summed E-state index contributed by atoms with van der Waals surface area (Å²) in [6.07, 6.45) is 0.0629. The molecule has 0 spiro atoms. The first kappa shape index (κ1) is 18.7. The maximum atomic E-state index is 13.4. The second-order valence-corrected chi connectivity index (χ2v) is 7.70. The van der Waals surface area contributed by atoms with Gasteiger partial charge in [-0.1, -0.05) is 11.6 Å². The van der Waals surface area contributed by atoms with Crippen LogP contribution in [0, 0.1) is 6.92 Å². The molecule has 2 aromatic carbocycles. The SMILES string of the molecule is Cc1nn(-c2ccc(Cl)cc2)c2c1C(C(=O)c1ccc3c(c1)OCCO3)CC(=O)N2. The van der Waals surface area contributed by atoms with Crippen molar-refractivity contribution < 1.29 is 19.1 Å². The Morgan fingerprint density at radius 2 is 1.87 bits per heavy atom. The van der Waals surface area contributed by atoms with Crippen LogP contribution >= 0.6 is 11.6 Å². The minimum atomic E-state index is -0.627. The smallest absolute Gasteiger partial charge is 0.226 e. The molecular weight excluding hydrogens is 406 g/mol. The van der Waals surface area contributed by atoms with E-state index in [9.17, 15) is 9.59 Å². The Labute approximate surface area is 177 Å². The fraction of sp³-hybridized carbons (Fsp3) is 0.227. The molecule has 1 atom stereocenters. The number of hydrogen-bond acceptors (Lipinski definition) is 5. The summed E-state index contributed by atoms with van der Waals surface area (Å²) in [5, 5.41) is 8.07. The van der Waals surface area contributed by atoms with Crippen LogP contribution in [0.4, 0.5) is 5.82 Å². The first-order chi connectivity index (χ1) is 14.5. The lowest BCUT2D eigenvalue weighted by Crippen LogP contribution is -2.28. The van der Waals surface area contributed by atoms with Crippen molar-refractivity contribution in [2.24, 2.45) is 0 Å². The van der Waals surface area contributed by atoms with Crippen molar-refractivity contribution in [3.8, 4) is 17.2 Å². The first-order valence-electron chi connectivity index (χ1n) is 9.60. The lowest BCUT2D eigenvalue weighted by molar-refractivity contribution is -0.116. The third kappa shape index (κ3) is 3.11. The lowest BCUT2D eigenvalue weighted by Gasteiger charge is -2.24. The van der Waals surface area contributed by atoms with Gasteiger partial charge in [0.15, 0.2) is 17.3 Å². The molecule has 3 heterocycles. The molecule has 0 fully saturated rings. The van der Waals surface area contributed by atoms with Gasteiger partial charge in [-0.15, -0.1) is 0 Å². The highest BCUT2D eigenvalue weighted by Gasteiger charge is 2.36. The maximum absolute atomic E-state index is 13.4. The van der Waals surface area contributed by atoms with Crippen LogP contribution in [0.1, 0.15) is 34.0 Å². The van der Waals surface area contributed by atoms with E-state index < -0.39 is 5.92 Å². The first-order valence-corrected chi connectivity index (χ1v) is 9.98. The average molecular weight is 424 g/mol. The number of amides is 1. The number of aromatic nitrogens is 2. The van der Waals surface area contributed by atoms with Crippen LogP contribution in [0.25, 0.3) is 5.69 Å². The van der Waals surface area contributed by atoms with Gasteiger partial charge in [0.25, 0.3) is 0 Å². The second kappa shape index (κ2) is 7.18. The largest absolute Gasteiger partial charge is 0.486 e. The number of ketones is 1. The van der Waals surface area contributed by atoms with E-state index in [1.807, 2.05) is 19.1 Å². The number of rotatable bonds is 3. The number of Topliss-reactive ketones (excluding diaryl/α,β-unsaturated/α-hetero) is 1. The Kier molecular flexibility index (Phi) is 4.47. The van der Waals surface area contributed by atoms with Crippen LogP contribution in [0.2, 0.25) is 5.02 Å². The van der Waals surface area contributed by atoms with E-state index in [-0.39, 0.29) is 18.1 Å². The van der Waals surface area contributed by atoms with E-state index in [2.05, 4.69) is 10.4 Å². The van der Waals surface area contributed by atoms with Gasteiger partial charge in [-0.2, -0.15) is 5.10 Å². The van der Waals surface area contributed by atoms with Gasteiger partial charge >= 0.3 is 0 Å². The van der Waals surface area contributed by atoms with Gasteiger partial charge in [0, 0.05) is 22.6 Å². The molecule has 7 nitrogen and oxygen atoms in total. The van der Waals surface area contributed by atoms with Gasteiger partial charge in [-0.25, -0.2) is 4.68 Å². The molecule has 0 saturated heterocycles. The van der Waals surface area contributed by atoms with Gasteiger partial charge in [0.05, 0.1) is 17.3 Å². The standard InChI is InChI=1S/C22H18ClN3O4/c1-12-20-16(21(28)13-2-7-17-18(10-13)30-9-8-29-17)11-19(27)24-22(20)26(25-12)15-5-3-14(23)4-6-15/h2-7,10,16H,8-9,11H2,1H3,(H,24,27). The van der Waals surface area contributed by atoms with Crippen molar-refractivity contribution in [3.05, 3.63) is 64.3 Å². The minimum absolute atomic E-state index is 0.0629. The molecule has 2 aliphatic heterocycles. The molecule has 0 aliphatic carbocycles. The molecule has 0 saturated carbocycles. The summed E-state index contributed by atoms with van der Waals surface area (Å²) in [5.74, 6) is 0.669. The lowest BCUT2D eigenvalue weighted by atomic mass is 9.85. The summed E-state index contributed by atoms with van der Waals surface area (Å²) in [5.41, 5.74) is 2.64. The Morgan fingerprint density at radius 1 is 1.13 bits per heavy atom. The molecule has 152 valence electrons. The molecule has 0 bridgehead atoms. The molecule has 3 aromatic rings. The number of nitrogens with zero attached hydrogens (tertiary/aromatic N) is 2. The predicted octanol–water partition coefficient (Wildman–Crippen LogP) is 3.91. The molecular formula is C22H18ClN3O4. The van der Waals surface area contributed by atoms with Crippen LogP contribution in [0.3, 0.4) is 0 Å². The Bertz CT molecular complexity index is 1170. The maximum Gasteiger partial charge on any atom is 0.226 e. The normalized spacial score (nSPS) is 17.3. The molecule has 1 aromatic heterocycles. The van der Waals surface area contributed by atoms with Crippen molar-refractivity contribution in [2.75, 3.05) is 18.5 Å².